The number of ether oxygens (including phenoxy) is 1. The van der Waals surface area contributed by atoms with Crippen molar-refractivity contribution < 1.29 is 13.9 Å². The summed E-state index contributed by atoms with van der Waals surface area (Å²) in [6, 6.07) is 18.7. The molecule has 0 aliphatic carbocycles. The minimum Gasteiger partial charge on any atom is -0.483 e. The van der Waals surface area contributed by atoms with Gasteiger partial charge in [0.2, 0.25) is 5.43 Å². The molecule has 0 aliphatic heterocycles. The molecule has 0 aliphatic rings. The number of aromatic nitrogens is 3. The van der Waals surface area contributed by atoms with Gasteiger partial charge in [-0.05, 0) is 41.3 Å². The van der Waals surface area contributed by atoms with Crippen molar-refractivity contribution in [1.29, 1.82) is 0 Å². The van der Waals surface area contributed by atoms with E-state index in [1.807, 2.05) is 42.5 Å². The molecule has 0 bridgehead atoms. The van der Waals surface area contributed by atoms with Gasteiger partial charge in [0.15, 0.2) is 11.3 Å². The maximum Gasteiger partial charge on any atom is 0.278 e. The number of benzene rings is 2. The van der Waals surface area contributed by atoms with Crippen LogP contribution < -0.4 is 21.0 Å². The van der Waals surface area contributed by atoms with Crippen LogP contribution in [0.1, 0.15) is 27.0 Å². The van der Waals surface area contributed by atoms with Crippen LogP contribution in [0.15, 0.2) is 107 Å². The van der Waals surface area contributed by atoms with Crippen LogP contribution >= 0.6 is 0 Å². The molecule has 2 aromatic carbocycles. The first-order valence-corrected chi connectivity index (χ1v) is 12.4. The van der Waals surface area contributed by atoms with Crippen molar-refractivity contribution in [3.05, 3.63) is 146 Å². The number of pyridine rings is 2. The minimum absolute atomic E-state index is 0.0381. The van der Waals surface area contributed by atoms with E-state index in [-0.39, 0.29) is 35.8 Å². The van der Waals surface area contributed by atoms with Crippen LogP contribution in [0.3, 0.4) is 0 Å². The van der Waals surface area contributed by atoms with Crippen molar-refractivity contribution in [3.8, 4) is 5.75 Å². The van der Waals surface area contributed by atoms with Crippen LogP contribution in [0.2, 0.25) is 0 Å². The number of hydrogen-bond acceptors (Lipinski definition) is 5. The molecule has 5 rings (SSSR count). The first-order chi connectivity index (χ1) is 19.0. The summed E-state index contributed by atoms with van der Waals surface area (Å²) in [6.07, 6.45) is 8.55. The van der Waals surface area contributed by atoms with Crippen LogP contribution in [0, 0.1) is 5.82 Å². The smallest absolute Gasteiger partial charge is 0.278 e. The Morgan fingerprint density at radius 1 is 0.923 bits per heavy atom. The van der Waals surface area contributed by atoms with E-state index < -0.39 is 16.9 Å². The Bertz CT molecular complexity index is 1720. The zero-order valence-corrected chi connectivity index (χ0v) is 20.9. The van der Waals surface area contributed by atoms with Crippen molar-refractivity contribution in [2.24, 2.45) is 0 Å². The zero-order valence-electron chi connectivity index (χ0n) is 20.9. The van der Waals surface area contributed by atoms with Crippen molar-refractivity contribution in [2.75, 3.05) is 0 Å². The Labute approximate surface area is 223 Å². The lowest BCUT2D eigenvalue weighted by Crippen LogP contribution is -2.32. The largest absolute Gasteiger partial charge is 0.483 e. The number of fused-ring (bicyclic) bond motifs is 1. The van der Waals surface area contributed by atoms with Gasteiger partial charge in [0.25, 0.3) is 11.5 Å². The predicted octanol–water partition coefficient (Wildman–Crippen LogP) is 3.75. The van der Waals surface area contributed by atoms with Crippen molar-refractivity contribution in [3.63, 3.8) is 0 Å². The predicted molar refractivity (Wildman–Crippen MR) is 144 cm³/mol. The average molecular weight is 525 g/mol. The lowest BCUT2D eigenvalue weighted by Gasteiger charge is -2.14. The highest BCUT2D eigenvalue weighted by molar-refractivity contribution is 5.94. The number of aryl methyl sites for hydroxylation is 2. The summed E-state index contributed by atoms with van der Waals surface area (Å²) >= 11 is 0. The van der Waals surface area contributed by atoms with E-state index in [1.165, 1.54) is 27.3 Å². The summed E-state index contributed by atoms with van der Waals surface area (Å²) in [4.78, 5) is 44.2. The van der Waals surface area contributed by atoms with E-state index in [1.54, 1.807) is 36.9 Å². The highest BCUT2D eigenvalue weighted by Gasteiger charge is 2.21. The quantitative estimate of drug-likeness (QED) is 0.317. The van der Waals surface area contributed by atoms with Crippen molar-refractivity contribution in [2.45, 2.75) is 26.1 Å². The molecule has 5 aromatic rings. The van der Waals surface area contributed by atoms with Crippen LogP contribution in [-0.4, -0.2) is 19.9 Å². The molecule has 0 unspecified atom stereocenters. The van der Waals surface area contributed by atoms with Crippen LogP contribution in [-0.2, 0) is 26.1 Å². The van der Waals surface area contributed by atoms with Gasteiger partial charge in [-0.1, -0.05) is 48.5 Å². The fraction of sp³-hybridized carbons (Fsp3) is 0.133. The van der Waals surface area contributed by atoms with Crippen LogP contribution in [0.5, 0.6) is 5.75 Å². The van der Waals surface area contributed by atoms with E-state index in [0.29, 0.717) is 18.5 Å². The third-order valence-electron chi connectivity index (χ3n) is 6.26. The van der Waals surface area contributed by atoms with Gasteiger partial charge < -0.3 is 19.0 Å². The Hall–Kier alpha value is -5.05. The first-order valence-electron chi connectivity index (χ1n) is 12.4. The molecule has 0 atom stereocenters. The number of carbonyl (C=O) groups is 1. The average Bonchev–Trinajstić information content (AvgIpc) is 2.97. The maximum atomic E-state index is 13.5. The van der Waals surface area contributed by atoms with Gasteiger partial charge in [-0.3, -0.25) is 19.4 Å². The molecule has 0 fully saturated rings. The molecule has 1 N–H and O–H groups in total. The van der Waals surface area contributed by atoms with Gasteiger partial charge in [0, 0.05) is 44.1 Å². The van der Waals surface area contributed by atoms with Crippen LogP contribution in [0.25, 0.3) is 5.52 Å². The first kappa shape index (κ1) is 25.6. The highest BCUT2D eigenvalue weighted by Crippen LogP contribution is 2.16. The fourth-order valence-corrected chi connectivity index (χ4v) is 4.17. The van der Waals surface area contributed by atoms with Crippen LogP contribution in [0.4, 0.5) is 4.39 Å². The van der Waals surface area contributed by atoms with E-state index in [9.17, 15) is 18.8 Å². The van der Waals surface area contributed by atoms with Gasteiger partial charge in [-0.25, -0.2) is 4.39 Å². The van der Waals surface area contributed by atoms with Gasteiger partial charge in [0.1, 0.15) is 18.0 Å². The third-order valence-corrected chi connectivity index (χ3v) is 6.26. The van der Waals surface area contributed by atoms with E-state index in [0.717, 1.165) is 11.1 Å². The number of rotatable bonds is 9. The zero-order chi connectivity index (χ0) is 27.2. The summed E-state index contributed by atoms with van der Waals surface area (Å²) in [5.41, 5.74) is 1.20. The Morgan fingerprint density at radius 3 is 2.44 bits per heavy atom. The summed E-state index contributed by atoms with van der Waals surface area (Å²) in [7, 11) is 0. The molecule has 3 heterocycles. The molecular weight excluding hydrogens is 499 g/mol. The number of nitrogens with one attached hydrogen (secondary N) is 1. The second-order valence-corrected chi connectivity index (χ2v) is 8.95. The normalized spacial score (nSPS) is 10.9. The summed E-state index contributed by atoms with van der Waals surface area (Å²) in [5, 5.41) is 2.69. The van der Waals surface area contributed by atoms with E-state index >= 15 is 0 Å². The fourth-order valence-electron chi connectivity index (χ4n) is 4.17. The second kappa shape index (κ2) is 11.6. The molecule has 9 heteroatoms. The number of halogens is 1. The monoisotopic (exact) mass is 524 g/mol. The Morgan fingerprint density at radius 2 is 1.69 bits per heavy atom. The summed E-state index contributed by atoms with van der Waals surface area (Å²) < 4.78 is 22.1. The van der Waals surface area contributed by atoms with E-state index in [2.05, 4.69) is 10.3 Å². The number of carbonyl (C=O) groups excluding carboxylic acids is 1. The van der Waals surface area contributed by atoms with Crippen molar-refractivity contribution in [1.82, 2.24) is 19.3 Å². The molecule has 0 saturated heterocycles. The van der Waals surface area contributed by atoms with Gasteiger partial charge in [-0.15, -0.1) is 0 Å². The lowest BCUT2D eigenvalue weighted by atomic mass is 10.2. The summed E-state index contributed by atoms with van der Waals surface area (Å²) in [5.74, 6) is -1.22. The van der Waals surface area contributed by atoms with Gasteiger partial charge in [-0.2, -0.15) is 0 Å². The third kappa shape index (κ3) is 5.93. The van der Waals surface area contributed by atoms with Gasteiger partial charge >= 0.3 is 0 Å². The highest BCUT2D eigenvalue weighted by atomic mass is 19.1. The van der Waals surface area contributed by atoms with Gasteiger partial charge in [0.05, 0.1) is 0 Å². The molecule has 3 aromatic heterocycles. The lowest BCUT2D eigenvalue weighted by molar-refractivity contribution is 0.0948. The van der Waals surface area contributed by atoms with E-state index in [4.69, 9.17) is 4.74 Å². The molecule has 0 saturated carbocycles. The number of hydrogen-bond donors (Lipinski definition) is 1. The molecule has 8 nitrogen and oxygen atoms in total. The molecular formula is C30H25FN4O4. The number of nitrogens with zero attached hydrogens (tertiary/aromatic N) is 3. The van der Waals surface area contributed by atoms with Crippen molar-refractivity contribution >= 4 is 11.4 Å². The summed E-state index contributed by atoms with van der Waals surface area (Å²) in [6.45, 7) is 0.501. The Balaban J connectivity index is 1.50. The second-order valence-electron chi connectivity index (χ2n) is 8.95. The topological polar surface area (TPSA) is 94.7 Å². The minimum atomic E-state index is -0.690. The molecule has 1 amide bonds. The molecule has 39 heavy (non-hydrogen) atoms. The Kier molecular flexibility index (Phi) is 7.58. The number of amides is 1. The molecule has 0 radical (unpaired) electrons. The SMILES string of the molecule is O=C(NCc1ccc(F)cc1)c1cn2ccn(CCc3cccnc3)c(=O)c2c(OCc2ccccc2)c1=O. The standard InChI is InChI=1S/C30H25FN4O4/c31-24-10-8-22(9-11-24)18-33-29(37)25-19-35-16-15-34(14-12-21-7-4-13-32-17-21)30(38)26(35)28(27(25)36)39-20-23-5-2-1-3-6-23/h1-11,13,15-17,19H,12,14,18,20H2,(H,33,37). The molecule has 196 valence electrons. The maximum absolute atomic E-state index is 13.5. The molecule has 0 spiro atoms.